The minimum Gasteiger partial charge on any atom is -0.484 e. The highest BCUT2D eigenvalue weighted by atomic mass is 35.5. The second-order valence-corrected chi connectivity index (χ2v) is 9.07. The second kappa shape index (κ2) is 6.57. The highest BCUT2D eigenvalue weighted by Crippen LogP contribution is 2.66. The number of benzene rings is 2. The molecule has 2 amide bonds. The Balaban J connectivity index is 1.19. The first-order valence-corrected chi connectivity index (χ1v) is 10.2. The van der Waals surface area contributed by atoms with Gasteiger partial charge in [-0.3, -0.25) is 9.59 Å². The van der Waals surface area contributed by atoms with Gasteiger partial charge in [-0.15, -0.1) is 0 Å². The highest BCUT2D eigenvalue weighted by molar-refractivity contribution is 6.31. The first kappa shape index (κ1) is 19.6. The van der Waals surface area contributed by atoms with Gasteiger partial charge in [0.2, 0.25) is 0 Å². The van der Waals surface area contributed by atoms with E-state index >= 15 is 0 Å². The number of aliphatic hydroxyl groups is 1. The van der Waals surface area contributed by atoms with Crippen LogP contribution < -0.4 is 10.1 Å². The van der Waals surface area contributed by atoms with Crippen LogP contribution in [0.3, 0.4) is 0 Å². The molecule has 1 aliphatic heterocycles. The van der Waals surface area contributed by atoms with Crippen LogP contribution in [-0.2, 0) is 4.79 Å². The minimum atomic E-state index is -1.04. The van der Waals surface area contributed by atoms with Crippen LogP contribution in [-0.4, -0.2) is 39.5 Å². The molecule has 2 N–H and O–H groups in total. The maximum Gasteiger partial charge on any atom is 0.258 e. The molecule has 0 aromatic heterocycles. The number of halogens is 3. The summed E-state index contributed by atoms with van der Waals surface area (Å²) in [6.45, 7) is -0.259. The van der Waals surface area contributed by atoms with Crippen LogP contribution in [0.5, 0.6) is 5.75 Å². The molecule has 1 atom stereocenters. The minimum absolute atomic E-state index is 0.0194. The van der Waals surface area contributed by atoms with E-state index in [1.54, 1.807) is 18.2 Å². The Kier molecular flexibility index (Phi) is 4.29. The standard InChI is InChI=1S/C21H17Cl2FN2O4/c22-11-1-3-13-14(5-11)19(29)26(18(13)28)21-8-20(9-21,10-21)25-17(27)7-30-12-2-4-15(23)16(24)6-12/h1-6,19,29H,7-10H2,(H,25,27)/t19-,20?,21?/m0/s1. The van der Waals surface area contributed by atoms with E-state index in [2.05, 4.69) is 5.32 Å². The summed E-state index contributed by atoms with van der Waals surface area (Å²) in [4.78, 5) is 26.6. The van der Waals surface area contributed by atoms with Crippen molar-refractivity contribution in [1.82, 2.24) is 10.2 Å². The van der Waals surface area contributed by atoms with E-state index in [1.165, 1.54) is 17.0 Å². The number of hydrogen-bond acceptors (Lipinski definition) is 4. The quantitative estimate of drug-likeness (QED) is 0.730. The van der Waals surface area contributed by atoms with Crippen LogP contribution in [0.25, 0.3) is 0 Å². The molecule has 2 bridgehead atoms. The van der Waals surface area contributed by atoms with Gasteiger partial charge >= 0.3 is 0 Å². The number of amides is 2. The van der Waals surface area contributed by atoms with E-state index < -0.39 is 23.1 Å². The molecule has 0 saturated heterocycles. The van der Waals surface area contributed by atoms with Crippen molar-refractivity contribution in [3.8, 4) is 5.75 Å². The topological polar surface area (TPSA) is 78.9 Å². The van der Waals surface area contributed by atoms with Crippen LogP contribution >= 0.6 is 23.2 Å². The maximum absolute atomic E-state index is 13.4. The molecule has 3 saturated carbocycles. The molecular weight excluding hydrogens is 434 g/mol. The molecule has 3 fully saturated rings. The number of nitrogens with zero attached hydrogens (tertiary/aromatic N) is 1. The molecule has 3 aliphatic carbocycles. The zero-order chi connectivity index (χ0) is 21.3. The van der Waals surface area contributed by atoms with E-state index in [-0.39, 0.29) is 29.2 Å². The van der Waals surface area contributed by atoms with Gasteiger partial charge in [-0.25, -0.2) is 4.39 Å². The van der Waals surface area contributed by atoms with Crippen LogP contribution in [0.1, 0.15) is 41.4 Å². The fourth-order valence-corrected chi connectivity index (χ4v) is 5.26. The number of ether oxygens (including phenoxy) is 1. The van der Waals surface area contributed by atoms with Crippen molar-refractivity contribution in [3.05, 3.63) is 63.4 Å². The smallest absolute Gasteiger partial charge is 0.258 e. The third-order valence-corrected chi connectivity index (χ3v) is 6.71. The Morgan fingerprint density at radius 2 is 1.97 bits per heavy atom. The first-order chi connectivity index (χ1) is 14.2. The van der Waals surface area contributed by atoms with Crippen LogP contribution in [0.2, 0.25) is 10.0 Å². The molecule has 30 heavy (non-hydrogen) atoms. The zero-order valence-corrected chi connectivity index (χ0v) is 17.1. The molecule has 6 rings (SSSR count). The summed E-state index contributed by atoms with van der Waals surface area (Å²) in [5, 5.41) is 14.1. The summed E-state index contributed by atoms with van der Waals surface area (Å²) in [7, 11) is 0. The second-order valence-electron chi connectivity index (χ2n) is 8.23. The Morgan fingerprint density at radius 1 is 1.23 bits per heavy atom. The average Bonchev–Trinajstić information content (AvgIpc) is 2.88. The Labute approximate surface area is 181 Å². The number of carbonyl (C=O) groups excluding carboxylic acids is 2. The third-order valence-electron chi connectivity index (χ3n) is 6.16. The lowest BCUT2D eigenvalue weighted by Crippen LogP contribution is -2.84. The Morgan fingerprint density at radius 3 is 2.67 bits per heavy atom. The summed E-state index contributed by atoms with van der Waals surface area (Å²) in [5.41, 5.74) is 0.102. The molecule has 2 aromatic rings. The number of aliphatic hydroxyl groups excluding tert-OH is 1. The van der Waals surface area contributed by atoms with Gasteiger partial charge < -0.3 is 20.1 Å². The van der Waals surface area contributed by atoms with Crippen molar-refractivity contribution in [3.63, 3.8) is 0 Å². The van der Waals surface area contributed by atoms with Gasteiger partial charge in [0, 0.05) is 27.8 Å². The normalized spacial score (nSPS) is 28.5. The lowest BCUT2D eigenvalue weighted by atomic mass is 9.43. The summed E-state index contributed by atoms with van der Waals surface area (Å²) < 4.78 is 18.8. The van der Waals surface area contributed by atoms with Gasteiger partial charge in [0.25, 0.3) is 11.8 Å². The van der Waals surface area contributed by atoms with Crippen molar-refractivity contribution in [1.29, 1.82) is 0 Å². The summed E-state index contributed by atoms with van der Waals surface area (Å²) in [5.74, 6) is -0.959. The third kappa shape index (κ3) is 2.87. The van der Waals surface area contributed by atoms with Gasteiger partial charge in [-0.2, -0.15) is 0 Å². The van der Waals surface area contributed by atoms with Crippen molar-refractivity contribution < 1.29 is 23.8 Å². The van der Waals surface area contributed by atoms with E-state index in [4.69, 9.17) is 27.9 Å². The van der Waals surface area contributed by atoms with Crippen LogP contribution in [0, 0.1) is 5.82 Å². The lowest BCUT2D eigenvalue weighted by Gasteiger charge is -2.73. The van der Waals surface area contributed by atoms with Gasteiger partial charge in [-0.1, -0.05) is 23.2 Å². The molecule has 2 aromatic carbocycles. The predicted molar refractivity (Wildman–Crippen MR) is 107 cm³/mol. The SMILES string of the molecule is O=C(COc1ccc(Cl)c(F)c1)NC12CC(N3C(=O)c4ccc(Cl)cc4[C@@H]3O)(C1)C2. The first-order valence-electron chi connectivity index (χ1n) is 9.42. The number of hydrogen-bond donors (Lipinski definition) is 2. The van der Waals surface area contributed by atoms with E-state index in [0.717, 1.165) is 6.07 Å². The molecule has 0 spiro atoms. The maximum atomic E-state index is 13.4. The summed E-state index contributed by atoms with van der Waals surface area (Å²) >= 11 is 11.6. The molecule has 6 nitrogen and oxygen atoms in total. The molecule has 9 heteroatoms. The van der Waals surface area contributed by atoms with E-state index in [0.29, 0.717) is 35.4 Å². The highest BCUT2D eigenvalue weighted by Gasteiger charge is 2.73. The van der Waals surface area contributed by atoms with Gasteiger partial charge in [0.05, 0.1) is 10.6 Å². The van der Waals surface area contributed by atoms with Gasteiger partial charge in [0.1, 0.15) is 11.6 Å². The summed E-state index contributed by atoms with van der Waals surface area (Å²) in [6, 6.07) is 8.83. The Bertz CT molecular complexity index is 1070. The van der Waals surface area contributed by atoms with Crippen molar-refractivity contribution in [2.24, 2.45) is 0 Å². The predicted octanol–water partition coefficient (Wildman–Crippen LogP) is 3.45. The monoisotopic (exact) mass is 450 g/mol. The van der Waals surface area contributed by atoms with Crippen LogP contribution in [0.15, 0.2) is 36.4 Å². The van der Waals surface area contributed by atoms with Gasteiger partial charge in [-0.05, 0) is 49.6 Å². The number of rotatable bonds is 5. The van der Waals surface area contributed by atoms with E-state index in [9.17, 15) is 19.1 Å². The number of carbonyl (C=O) groups is 2. The van der Waals surface area contributed by atoms with Gasteiger partial charge in [0.15, 0.2) is 12.8 Å². The molecule has 4 aliphatic rings. The molecular formula is C21H17Cl2FN2O4. The zero-order valence-electron chi connectivity index (χ0n) is 15.6. The largest absolute Gasteiger partial charge is 0.484 e. The van der Waals surface area contributed by atoms with Crippen molar-refractivity contribution in [2.45, 2.75) is 36.6 Å². The molecule has 1 heterocycles. The van der Waals surface area contributed by atoms with Crippen molar-refractivity contribution >= 4 is 35.0 Å². The number of nitrogens with one attached hydrogen (secondary N) is 1. The van der Waals surface area contributed by atoms with Crippen molar-refractivity contribution in [2.75, 3.05) is 6.61 Å². The molecule has 0 radical (unpaired) electrons. The lowest BCUT2D eigenvalue weighted by molar-refractivity contribution is -0.200. The van der Waals surface area contributed by atoms with Crippen LogP contribution in [0.4, 0.5) is 4.39 Å². The Hall–Kier alpha value is -2.35. The number of fused-ring (bicyclic) bond motifs is 1. The fraction of sp³-hybridized carbons (Fsp3) is 0.333. The molecule has 156 valence electrons. The summed E-state index contributed by atoms with van der Waals surface area (Å²) in [6.07, 6.45) is 0.645. The molecule has 0 unspecified atom stereocenters. The average molecular weight is 451 g/mol. The van der Waals surface area contributed by atoms with E-state index in [1.807, 2.05) is 0 Å². The fourth-order valence-electron chi connectivity index (χ4n) is 4.97.